The maximum absolute atomic E-state index is 13.9. The van der Waals surface area contributed by atoms with Crippen molar-refractivity contribution in [1.82, 2.24) is 5.32 Å². The van der Waals surface area contributed by atoms with Crippen LogP contribution >= 0.6 is 0 Å². The molecule has 0 saturated carbocycles. The molecular weight excluding hydrogens is 340 g/mol. The summed E-state index contributed by atoms with van der Waals surface area (Å²) >= 11 is 0. The number of ketones is 1. The molecule has 6 heteroatoms. The number of allylic oxidation sites excluding steroid dienone is 2. The first-order valence-corrected chi connectivity index (χ1v) is 8.39. The maximum Gasteiger partial charge on any atom is 0.315 e. The van der Waals surface area contributed by atoms with Crippen LogP contribution < -0.4 is 5.32 Å². The number of hydrogen-bond donors (Lipinski definition) is 1. The molecule has 0 aromatic heterocycles. The fourth-order valence-electron chi connectivity index (χ4n) is 3.92. The summed E-state index contributed by atoms with van der Waals surface area (Å²) in [4.78, 5) is 25.3. The van der Waals surface area contributed by atoms with Gasteiger partial charge in [0.1, 0.15) is 5.92 Å². The SMILES string of the molecule is C=C1NC2=C(C(=O)CC(C)(C)C2)C(c2ccc(F)c(F)c2)C1C(=O)OC. The molecule has 0 fully saturated rings. The van der Waals surface area contributed by atoms with E-state index in [1.54, 1.807) is 0 Å². The van der Waals surface area contributed by atoms with E-state index in [0.29, 0.717) is 35.4 Å². The molecule has 0 radical (unpaired) electrons. The van der Waals surface area contributed by atoms with Gasteiger partial charge in [-0.3, -0.25) is 9.59 Å². The number of halogens is 2. The topological polar surface area (TPSA) is 55.4 Å². The summed E-state index contributed by atoms with van der Waals surface area (Å²) in [5.74, 6) is -4.36. The van der Waals surface area contributed by atoms with Gasteiger partial charge in [-0.2, -0.15) is 0 Å². The van der Waals surface area contributed by atoms with Gasteiger partial charge in [0.2, 0.25) is 0 Å². The van der Waals surface area contributed by atoms with Crippen LogP contribution in [0.1, 0.15) is 38.2 Å². The molecule has 0 amide bonds. The first-order valence-electron chi connectivity index (χ1n) is 8.39. The van der Waals surface area contributed by atoms with Crippen molar-refractivity contribution in [2.45, 2.75) is 32.6 Å². The van der Waals surface area contributed by atoms with Crippen molar-refractivity contribution in [3.63, 3.8) is 0 Å². The van der Waals surface area contributed by atoms with Gasteiger partial charge in [-0.15, -0.1) is 0 Å². The third-order valence-corrected chi connectivity index (χ3v) is 5.01. The monoisotopic (exact) mass is 361 g/mol. The summed E-state index contributed by atoms with van der Waals surface area (Å²) in [6.07, 6.45) is 0.912. The Hall–Kier alpha value is -2.50. The molecule has 1 heterocycles. The van der Waals surface area contributed by atoms with Gasteiger partial charge >= 0.3 is 5.97 Å². The van der Waals surface area contributed by atoms with Crippen LogP contribution in [0.3, 0.4) is 0 Å². The largest absolute Gasteiger partial charge is 0.468 e. The van der Waals surface area contributed by atoms with Crippen LogP contribution in [0.4, 0.5) is 8.78 Å². The van der Waals surface area contributed by atoms with E-state index in [1.807, 2.05) is 13.8 Å². The fraction of sp³-hybridized carbons (Fsp3) is 0.400. The van der Waals surface area contributed by atoms with Crippen molar-refractivity contribution in [2.75, 3.05) is 7.11 Å². The number of carbonyl (C=O) groups is 2. The molecule has 4 nitrogen and oxygen atoms in total. The van der Waals surface area contributed by atoms with E-state index in [-0.39, 0.29) is 11.2 Å². The highest BCUT2D eigenvalue weighted by atomic mass is 19.2. The van der Waals surface area contributed by atoms with Crippen LogP contribution in [0, 0.1) is 23.0 Å². The highest BCUT2D eigenvalue weighted by Crippen LogP contribution is 2.48. The number of esters is 1. The van der Waals surface area contributed by atoms with Gasteiger partial charge in [-0.1, -0.05) is 26.5 Å². The highest BCUT2D eigenvalue weighted by Gasteiger charge is 2.46. The summed E-state index contributed by atoms with van der Waals surface area (Å²) in [5, 5.41) is 3.09. The van der Waals surface area contributed by atoms with E-state index >= 15 is 0 Å². The predicted molar refractivity (Wildman–Crippen MR) is 91.9 cm³/mol. The second-order valence-corrected chi connectivity index (χ2v) is 7.64. The van der Waals surface area contributed by atoms with Crippen LogP contribution in [0.15, 0.2) is 41.7 Å². The summed E-state index contributed by atoms with van der Waals surface area (Å²) < 4.78 is 32.1. The Labute approximate surface area is 150 Å². The zero-order chi connectivity index (χ0) is 19.2. The molecule has 0 saturated heterocycles. The number of methoxy groups -OCH3 is 1. The van der Waals surface area contributed by atoms with Gasteiger partial charge in [0, 0.05) is 29.3 Å². The lowest BCUT2D eigenvalue weighted by atomic mass is 9.66. The standard InChI is InChI=1S/C20H21F2NO3/c1-10-16(19(25)26-4)17(11-5-6-12(21)13(22)7-11)18-14(23-10)8-20(2,3)9-15(18)24/h5-7,16-17,23H,1,8-9H2,2-4H3. The van der Waals surface area contributed by atoms with Crippen molar-refractivity contribution >= 4 is 11.8 Å². The number of Topliss-reactive ketones (excluding diaryl/α,β-unsaturated/α-hetero) is 1. The summed E-state index contributed by atoms with van der Waals surface area (Å²) in [6.45, 7) is 7.89. The Morgan fingerprint density at radius 2 is 1.96 bits per heavy atom. The Bertz CT molecular complexity index is 841. The molecule has 2 atom stereocenters. The summed E-state index contributed by atoms with van der Waals surface area (Å²) in [5.41, 5.74) is 1.61. The zero-order valence-corrected chi connectivity index (χ0v) is 15.0. The van der Waals surface area contributed by atoms with Crippen LogP contribution in [-0.2, 0) is 14.3 Å². The minimum absolute atomic E-state index is 0.111. The fourth-order valence-corrected chi connectivity index (χ4v) is 3.92. The lowest BCUT2D eigenvalue weighted by Crippen LogP contribution is -2.43. The minimum Gasteiger partial charge on any atom is -0.468 e. The number of hydrogen-bond acceptors (Lipinski definition) is 4. The van der Waals surface area contributed by atoms with Gasteiger partial charge in [0.25, 0.3) is 0 Å². The maximum atomic E-state index is 13.9. The molecule has 2 aliphatic rings. The quantitative estimate of drug-likeness (QED) is 0.818. The molecule has 1 N–H and O–H groups in total. The molecule has 3 rings (SSSR count). The first kappa shape index (κ1) is 18.3. The molecule has 1 aromatic carbocycles. The average molecular weight is 361 g/mol. The number of ether oxygens (including phenoxy) is 1. The Morgan fingerprint density at radius 1 is 1.27 bits per heavy atom. The molecule has 1 aliphatic carbocycles. The first-order chi connectivity index (χ1) is 12.1. The molecule has 138 valence electrons. The van der Waals surface area contributed by atoms with Gasteiger partial charge in [0.15, 0.2) is 17.4 Å². The van der Waals surface area contributed by atoms with Gasteiger partial charge < -0.3 is 10.1 Å². The molecule has 1 aliphatic heterocycles. The van der Waals surface area contributed by atoms with Crippen molar-refractivity contribution in [1.29, 1.82) is 0 Å². The Kier molecular flexibility index (Phi) is 4.46. The van der Waals surface area contributed by atoms with Gasteiger partial charge in [-0.25, -0.2) is 8.78 Å². The highest BCUT2D eigenvalue weighted by molar-refractivity contribution is 6.00. The van der Waals surface area contributed by atoms with E-state index in [0.717, 1.165) is 12.1 Å². The van der Waals surface area contributed by atoms with Crippen molar-refractivity contribution in [3.05, 3.63) is 58.9 Å². The van der Waals surface area contributed by atoms with Crippen molar-refractivity contribution in [2.24, 2.45) is 11.3 Å². The van der Waals surface area contributed by atoms with E-state index in [4.69, 9.17) is 4.74 Å². The summed E-state index contributed by atoms with van der Waals surface area (Å²) in [6, 6.07) is 3.43. The Balaban J connectivity index is 2.21. The molecule has 0 bridgehead atoms. The third-order valence-electron chi connectivity index (χ3n) is 5.01. The number of rotatable bonds is 2. The smallest absolute Gasteiger partial charge is 0.315 e. The zero-order valence-electron chi connectivity index (χ0n) is 15.0. The van der Waals surface area contributed by atoms with Crippen molar-refractivity contribution < 1.29 is 23.1 Å². The van der Waals surface area contributed by atoms with Crippen molar-refractivity contribution in [3.8, 4) is 0 Å². The van der Waals surface area contributed by atoms with E-state index in [1.165, 1.54) is 13.2 Å². The lowest BCUT2D eigenvalue weighted by Gasteiger charge is -2.42. The molecule has 2 unspecified atom stereocenters. The van der Waals surface area contributed by atoms with Gasteiger partial charge in [-0.05, 0) is 29.5 Å². The normalized spacial score (nSPS) is 24.8. The second-order valence-electron chi connectivity index (χ2n) is 7.64. The predicted octanol–water partition coefficient (Wildman–Crippen LogP) is 3.60. The Morgan fingerprint density at radius 3 is 2.58 bits per heavy atom. The van der Waals surface area contributed by atoms with Gasteiger partial charge in [0.05, 0.1) is 7.11 Å². The van der Waals surface area contributed by atoms with E-state index in [2.05, 4.69) is 11.9 Å². The number of carbonyl (C=O) groups excluding carboxylic acids is 2. The molecular formula is C20H21F2NO3. The second kappa shape index (κ2) is 6.34. The third kappa shape index (κ3) is 3.04. The van der Waals surface area contributed by atoms with E-state index < -0.39 is 29.4 Å². The van der Waals surface area contributed by atoms with Crippen LogP contribution in [0.2, 0.25) is 0 Å². The van der Waals surface area contributed by atoms with Crippen LogP contribution in [-0.4, -0.2) is 18.9 Å². The number of benzene rings is 1. The van der Waals surface area contributed by atoms with Crippen LogP contribution in [0.5, 0.6) is 0 Å². The molecule has 1 aromatic rings. The average Bonchev–Trinajstić information content (AvgIpc) is 2.54. The van der Waals surface area contributed by atoms with E-state index in [9.17, 15) is 18.4 Å². The molecule has 0 spiro atoms. The summed E-state index contributed by atoms with van der Waals surface area (Å²) in [7, 11) is 1.24. The molecule has 26 heavy (non-hydrogen) atoms. The number of nitrogens with one attached hydrogen (secondary N) is 1. The minimum atomic E-state index is -1.03. The lowest BCUT2D eigenvalue weighted by molar-refractivity contribution is -0.144. The van der Waals surface area contributed by atoms with Crippen LogP contribution in [0.25, 0.3) is 0 Å².